The van der Waals surface area contributed by atoms with Crippen molar-refractivity contribution in [2.45, 2.75) is 18.8 Å². The molecule has 0 aliphatic carbocycles. The summed E-state index contributed by atoms with van der Waals surface area (Å²) in [4.78, 5) is 0. The number of halogens is 1. The Morgan fingerprint density at radius 1 is 1.18 bits per heavy atom. The molecule has 1 heterocycles. The highest BCUT2D eigenvalue weighted by Crippen LogP contribution is 2.27. The van der Waals surface area contributed by atoms with E-state index in [1.165, 1.54) is 12.1 Å². The van der Waals surface area contributed by atoms with Crippen molar-refractivity contribution in [1.82, 2.24) is 5.32 Å². The number of aliphatic hydroxyl groups is 1. The summed E-state index contributed by atoms with van der Waals surface area (Å²) in [5.74, 6) is 0.298. The maximum Gasteiger partial charge on any atom is 0.144 e. The zero-order chi connectivity index (χ0) is 15.4. The lowest BCUT2D eigenvalue weighted by molar-refractivity contribution is 0.0624. The van der Waals surface area contributed by atoms with E-state index in [4.69, 9.17) is 4.74 Å². The third-order valence-electron chi connectivity index (χ3n) is 3.61. The van der Waals surface area contributed by atoms with Crippen LogP contribution in [0.3, 0.4) is 0 Å². The Hall–Kier alpha value is -2.17. The Bertz CT molecular complexity index is 657. The van der Waals surface area contributed by atoms with E-state index < -0.39 is 12.2 Å². The Morgan fingerprint density at radius 2 is 2.00 bits per heavy atom. The number of fused-ring (bicyclic) bond motifs is 1. The van der Waals surface area contributed by atoms with Gasteiger partial charge in [-0.2, -0.15) is 0 Å². The van der Waals surface area contributed by atoms with Gasteiger partial charge in [0.25, 0.3) is 0 Å². The van der Waals surface area contributed by atoms with Gasteiger partial charge in [-0.05, 0) is 29.8 Å². The number of aliphatic hydroxyl groups excluding tert-OH is 1. The molecule has 22 heavy (non-hydrogen) atoms. The van der Waals surface area contributed by atoms with E-state index in [0.29, 0.717) is 24.4 Å². The van der Waals surface area contributed by atoms with E-state index in [9.17, 15) is 9.50 Å². The van der Waals surface area contributed by atoms with Crippen molar-refractivity contribution in [3.05, 3.63) is 71.6 Å². The summed E-state index contributed by atoms with van der Waals surface area (Å²) in [6.45, 7) is 1.11. The molecule has 0 saturated carbocycles. The van der Waals surface area contributed by atoms with E-state index >= 15 is 0 Å². The fourth-order valence-corrected chi connectivity index (χ4v) is 2.42. The molecular weight excluding hydrogens is 281 g/mol. The molecule has 0 radical (unpaired) electrons. The zero-order valence-electron chi connectivity index (χ0n) is 12.1. The van der Waals surface area contributed by atoms with Crippen LogP contribution in [-0.2, 0) is 6.54 Å². The highest BCUT2D eigenvalue weighted by Gasteiger charge is 2.22. The second-order valence-corrected chi connectivity index (χ2v) is 5.31. The summed E-state index contributed by atoms with van der Waals surface area (Å²) in [5.41, 5.74) is 1.86. The van der Waals surface area contributed by atoms with Crippen molar-refractivity contribution in [3.63, 3.8) is 0 Å². The number of benzene rings is 2. The monoisotopic (exact) mass is 299 g/mol. The molecule has 2 aromatic rings. The van der Waals surface area contributed by atoms with Crippen LogP contribution in [0.2, 0.25) is 0 Å². The smallest absolute Gasteiger partial charge is 0.144 e. The van der Waals surface area contributed by atoms with E-state index in [0.717, 1.165) is 5.56 Å². The molecule has 2 aromatic carbocycles. The molecular formula is C18H18FNO2. The molecule has 0 bridgehead atoms. The fourth-order valence-electron chi connectivity index (χ4n) is 2.42. The summed E-state index contributed by atoms with van der Waals surface area (Å²) in [6, 6.07) is 14.4. The van der Waals surface area contributed by atoms with Gasteiger partial charge < -0.3 is 15.2 Å². The first kappa shape index (κ1) is 14.8. The van der Waals surface area contributed by atoms with Gasteiger partial charge in [0.15, 0.2) is 0 Å². The fraction of sp³-hybridized carbons (Fsp3) is 0.222. The predicted molar refractivity (Wildman–Crippen MR) is 84.0 cm³/mol. The van der Waals surface area contributed by atoms with Gasteiger partial charge in [0.2, 0.25) is 0 Å². The highest BCUT2D eigenvalue weighted by atomic mass is 19.1. The number of nitrogens with one attached hydrogen (secondary N) is 1. The second-order valence-electron chi connectivity index (χ2n) is 5.31. The molecule has 2 atom stereocenters. The summed E-state index contributed by atoms with van der Waals surface area (Å²) in [5, 5.41) is 13.4. The normalized spacial score (nSPS) is 17.6. The minimum absolute atomic E-state index is 0.296. The van der Waals surface area contributed by atoms with E-state index in [-0.39, 0.29) is 5.82 Å². The first-order valence-electron chi connectivity index (χ1n) is 7.29. The maximum absolute atomic E-state index is 13.1. The maximum atomic E-state index is 13.1. The average molecular weight is 299 g/mol. The summed E-state index contributed by atoms with van der Waals surface area (Å²) in [6.07, 6.45) is 2.45. The summed E-state index contributed by atoms with van der Waals surface area (Å²) >= 11 is 0. The van der Waals surface area contributed by atoms with Crippen molar-refractivity contribution >= 4 is 6.08 Å². The van der Waals surface area contributed by atoms with Crippen LogP contribution in [0.4, 0.5) is 4.39 Å². The molecule has 0 amide bonds. The van der Waals surface area contributed by atoms with Gasteiger partial charge in [-0.3, -0.25) is 0 Å². The molecule has 0 spiro atoms. The van der Waals surface area contributed by atoms with Crippen molar-refractivity contribution in [3.8, 4) is 5.75 Å². The van der Waals surface area contributed by atoms with Crippen LogP contribution < -0.4 is 10.1 Å². The van der Waals surface area contributed by atoms with Crippen molar-refractivity contribution in [2.24, 2.45) is 0 Å². The first-order chi connectivity index (χ1) is 10.7. The molecule has 4 heteroatoms. The topological polar surface area (TPSA) is 41.5 Å². The third kappa shape index (κ3) is 3.53. The van der Waals surface area contributed by atoms with Gasteiger partial charge in [0, 0.05) is 18.7 Å². The van der Waals surface area contributed by atoms with Crippen molar-refractivity contribution in [2.75, 3.05) is 6.54 Å². The van der Waals surface area contributed by atoms with Crippen LogP contribution in [-0.4, -0.2) is 23.9 Å². The van der Waals surface area contributed by atoms with Crippen LogP contribution in [0, 0.1) is 5.82 Å². The van der Waals surface area contributed by atoms with Gasteiger partial charge in [0.05, 0.1) is 0 Å². The Kier molecular flexibility index (Phi) is 4.51. The average Bonchev–Trinajstić information content (AvgIpc) is 2.55. The molecule has 1 aliphatic heterocycles. The molecule has 0 fully saturated rings. The van der Waals surface area contributed by atoms with E-state index in [1.807, 2.05) is 30.3 Å². The van der Waals surface area contributed by atoms with Crippen LogP contribution in [0.1, 0.15) is 11.1 Å². The van der Waals surface area contributed by atoms with Crippen LogP contribution in [0.5, 0.6) is 5.75 Å². The van der Waals surface area contributed by atoms with Crippen LogP contribution >= 0.6 is 0 Å². The third-order valence-corrected chi connectivity index (χ3v) is 3.61. The molecule has 3 rings (SSSR count). The lowest BCUT2D eigenvalue weighted by Gasteiger charge is -2.25. The molecule has 114 valence electrons. The Balaban J connectivity index is 1.54. The van der Waals surface area contributed by atoms with Crippen LogP contribution in [0.25, 0.3) is 6.08 Å². The van der Waals surface area contributed by atoms with Crippen LogP contribution in [0.15, 0.2) is 54.6 Å². The van der Waals surface area contributed by atoms with Gasteiger partial charge in [0.1, 0.15) is 23.8 Å². The summed E-state index contributed by atoms with van der Waals surface area (Å²) < 4.78 is 18.8. The van der Waals surface area contributed by atoms with Gasteiger partial charge in [-0.1, -0.05) is 36.4 Å². The number of hydrogen-bond donors (Lipinski definition) is 2. The molecule has 1 aliphatic rings. The highest BCUT2D eigenvalue weighted by molar-refractivity contribution is 5.60. The Morgan fingerprint density at radius 3 is 2.82 bits per heavy atom. The largest absolute Gasteiger partial charge is 0.483 e. The van der Waals surface area contributed by atoms with Gasteiger partial charge >= 0.3 is 0 Å². The Labute approximate surface area is 129 Å². The minimum Gasteiger partial charge on any atom is -0.483 e. The quantitative estimate of drug-likeness (QED) is 0.892. The number of ether oxygens (including phenoxy) is 1. The minimum atomic E-state index is -0.668. The van der Waals surface area contributed by atoms with E-state index in [1.54, 1.807) is 18.2 Å². The lowest BCUT2D eigenvalue weighted by atomic mass is 10.1. The lowest BCUT2D eigenvalue weighted by Crippen LogP contribution is -2.39. The SMILES string of the molecule is OC(CNCc1ccccc1)[C@@H]1C=Cc2cc(F)ccc2O1. The zero-order valence-corrected chi connectivity index (χ0v) is 12.1. The van der Waals surface area contributed by atoms with Gasteiger partial charge in [-0.25, -0.2) is 4.39 Å². The van der Waals surface area contributed by atoms with Crippen molar-refractivity contribution in [1.29, 1.82) is 0 Å². The van der Waals surface area contributed by atoms with Crippen molar-refractivity contribution < 1.29 is 14.2 Å². The first-order valence-corrected chi connectivity index (χ1v) is 7.29. The molecule has 1 unspecified atom stereocenters. The number of rotatable bonds is 5. The predicted octanol–water partition coefficient (Wildman–Crippen LogP) is 2.75. The standard InChI is InChI=1S/C18H18FNO2/c19-15-7-9-17-14(10-15)6-8-18(22-17)16(21)12-20-11-13-4-2-1-3-5-13/h1-10,16,18,20-21H,11-12H2/t16?,18-/m0/s1. The molecule has 0 aromatic heterocycles. The number of hydrogen-bond acceptors (Lipinski definition) is 3. The van der Waals surface area contributed by atoms with Gasteiger partial charge in [-0.15, -0.1) is 0 Å². The van der Waals surface area contributed by atoms with E-state index in [2.05, 4.69) is 5.32 Å². The molecule has 3 nitrogen and oxygen atoms in total. The molecule has 2 N–H and O–H groups in total. The second kappa shape index (κ2) is 6.73. The molecule has 0 saturated heterocycles. The summed E-state index contributed by atoms with van der Waals surface area (Å²) in [7, 11) is 0.